The second-order valence-corrected chi connectivity index (χ2v) is 5.05. The summed E-state index contributed by atoms with van der Waals surface area (Å²) >= 11 is 5.83. The van der Waals surface area contributed by atoms with Crippen molar-refractivity contribution in [1.29, 1.82) is 0 Å². The Morgan fingerprint density at radius 3 is 2.85 bits per heavy atom. The van der Waals surface area contributed by atoms with Gasteiger partial charge >= 0.3 is 0 Å². The number of carbonyl (C=O) groups is 1. The molecule has 1 aliphatic heterocycles. The third kappa shape index (κ3) is 2.58. The van der Waals surface area contributed by atoms with Crippen molar-refractivity contribution in [3.8, 4) is 0 Å². The predicted molar refractivity (Wildman–Crippen MR) is 80.8 cm³/mol. The molecule has 0 fully saturated rings. The van der Waals surface area contributed by atoms with Crippen LogP contribution >= 0.6 is 11.6 Å². The van der Waals surface area contributed by atoms with Crippen LogP contribution in [0.5, 0.6) is 0 Å². The van der Waals surface area contributed by atoms with E-state index in [1.165, 1.54) is 0 Å². The van der Waals surface area contributed by atoms with Crippen molar-refractivity contribution in [1.82, 2.24) is 4.98 Å². The van der Waals surface area contributed by atoms with Gasteiger partial charge in [0.15, 0.2) is 0 Å². The number of anilines is 1. The number of nitrogens with zero attached hydrogens (tertiary/aromatic N) is 2. The lowest BCUT2D eigenvalue weighted by atomic mass is 10.2. The number of pyridine rings is 1. The fourth-order valence-electron chi connectivity index (χ4n) is 2.25. The van der Waals surface area contributed by atoms with Gasteiger partial charge in [0.1, 0.15) is 5.82 Å². The molecule has 0 bridgehead atoms. The quantitative estimate of drug-likeness (QED) is 0.793. The summed E-state index contributed by atoms with van der Waals surface area (Å²) in [5.74, 6) is 0.732. The van der Waals surface area contributed by atoms with E-state index in [-0.39, 0.29) is 5.91 Å². The number of benzene rings is 1. The number of hydrogen-bond acceptors (Lipinski definition) is 2. The molecule has 0 aliphatic carbocycles. The van der Waals surface area contributed by atoms with E-state index in [4.69, 9.17) is 11.6 Å². The third-order valence-corrected chi connectivity index (χ3v) is 3.53. The fourth-order valence-corrected chi connectivity index (χ4v) is 2.38. The van der Waals surface area contributed by atoms with Gasteiger partial charge in [-0.3, -0.25) is 9.69 Å². The zero-order chi connectivity index (χ0) is 13.9. The highest BCUT2D eigenvalue weighted by molar-refractivity contribution is 6.30. The Labute approximate surface area is 122 Å². The van der Waals surface area contributed by atoms with Crippen molar-refractivity contribution in [3.63, 3.8) is 0 Å². The first-order valence-corrected chi connectivity index (χ1v) is 6.81. The molecule has 0 N–H and O–H groups in total. The Hall–Kier alpha value is -2.13. The predicted octanol–water partition coefficient (Wildman–Crippen LogP) is 3.34. The lowest BCUT2D eigenvalue weighted by molar-refractivity contribution is -0.114. The maximum Gasteiger partial charge on any atom is 0.252 e. The van der Waals surface area contributed by atoms with E-state index in [2.05, 4.69) is 4.98 Å². The number of rotatable bonds is 2. The molecule has 20 heavy (non-hydrogen) atoms. The molecule has 2 aromatic rings. The molecular formula is C16H13ClN2O. The van der Waals surface area contributed by atoms with Crippen LogP contribution < -0.4 is 4.90 Å². The van der Waals surface area contributed by atoms with Crippen LogP contribution in [0.2, 0.25) is 5.02 Å². The Kier molecular flexibility index (Phi) is 3.52. The monoisotopic (exact) mass is 284 g/mol. The fraction of sp³-hybridized carbons (Fsp3) is 0.125. The number of amides is 1. The summed E-state index contributed by atoms with van der Waals surface area (Å²) in [6.07, 6.45) is 5.95. The van der Waals surface area contributed by atoms with Crippen molar-refractivity contribution in [2.45, 2.75) is 6.42 Å². The van der Waals surface area contributed by atoms with Crippen LogP contribution in [-0.2, 0) is 11.2 Å². The molecule has 0 atom stereocenters. The van der Waals surface area contributed by atoms with E-state index in [0.29, 0.717) is 11.6 Å². The van der Waals surface area contributed by atoms with E-state index in [1.807, 2.05) is 24.3 Å². The normalized spacial score (nSPS) is 13.8. The molecule has 4 heteroatoms. The van der Waals surface area contributed by atoms with Crippen molar-refractivity contribution in [3.05, 3.63) is 64.8 Å². The number of halogens is 1. The molecule has 2 heterocycles. The minimum absolute atomic E-state index is 0.0441. The topological polar surface area (TPSA) is 33.2 Å². The van der Waals surface area contributed by atoms with Crippen LogP contribution in [0.25, 0.3) is 6.08 Å². The summed E-state index contributed by atoms with van der Waals surface area (Å²) in [6, 6.07) is 11.3. The minimum Gasteiger partial charge on any atom is -0.293 e. The molecule has 3 rings (SSSR count). The zero-order valence-corrected chi connectivity index (χ0v) is 11.5. The van der Waals surface area contributed by atoms with Crippen LogP contribution in [0.15, 0.2) is 48.7 Å². The second-order valence-electron chi connectivity index (χ2n) is 4.61. The van der Waals surface area contributed by atoms with Gasteiger partial charge in [0, 0.05) is 23.8 Å². The average Bonchev–Trinajstić information content (AvgIpc) is 2.90. The largest absolute Gasteiger partial charge is 0.293 e. The molecule has 1 aromatic carbocycles. The third-order valence-electron chi connectivity index (χ3n) is 3.28. The van der Waals surface area contributed by atoms with Crippen LogP contribution in [-0.4, -0.2) is 17.4 Å². The van der Waals surface area contributed by atoms with Crippen molar-refractivity contribution < 1.29 is 4.79 Å². The first-order chi connectivity index (χ1) is 9.74. The van der Waals surface area contributed by atoms with E-state index >= 15 is 0 Å². The van der Waals surface area contributed by atoms with Crippen LogP contribution in [0, 0.1) is 0 Å². The molecule has 1 aliphatic rings. The van der Waals surface area contributed by atoms with Gasteiger partial charge in [-0.1, -0.05) is 29.8 Å². The maximum absolute atomic E-state index is 12.2. The van der Waals surface area contributed by atoms with Gasteiger partial charge in [0.2, 0.25) is 0 Å². The van der Waals surface area contributed by atoms with Crippen molar-refractivity contribution in [2.24, 2.45) is 0 Å². The van der Waals surface area contributed by atoms with Gasteiger partial charge in [-0.05, 0) is 41.8 Å². The summed E-state index contributed by atoms with van der Waals surface area (Å²) in [7, 11) is 0. The lowest BCUT2D eigenvalue weighted by Gasteiger charge is -2.13. The highest BCUT2D eigenvalue weighted by Crippen LogP contribution is 2.25. The summed E-state index contributed by atoms with van der Waals surface area (Å²) in [5.41, 5.74) is 2.07. The molecule has 0 spiro atoms. The van der Waals surface area contributed by atoms with Crippen LogP contribution in [0.4, 0.5) is 5.82 Å². The highest BCUT2D eigenvalue weighted by atomic mass is 35.5. The van der Waals surface area contributed by atoms with E-state index in [1.54, 1.807) is 35.4 Å². The van der Waals surface area contributed by atoms with Crippen molar-refractivity contribution in [2.75, 3.05) is 11.4 Å². The van der Waals surface area contributed by atoms with Crippen LogP contribution in [0.3, 0.4) is 0 Å². The first kappa shape index (κ1) is 12.9. The first-order valence-electron chi connectivity index (χ1n) is 6.43. The Bertz CT molecular complexity index is 664. The minimum atomic E-state index is -0.0441. The number of hydrogen-bond donors (Lipinski definition) is 0. The molecule has 1 amide bonds. The molecule has 100 valence electrons. The number of aromatic nitrogens is 1. The van der Waals surface area contributed by atoms with Crippen molar-refractivity contribution >= 4 is 29.4 Å². The van der Waals surface area contributed by atoms with Gasteiger partial charge < -0.3 is 0 Å². The Morgan fingerprint density at radius 1 is 1.25 bits per heavy atom. The molecule has 1 aromatic heterocycles. The van der Waals surface area contributed by atoms with Gasteiger partial charge in [-0.15, -0.1) is 0 Å². The zero-order valence-electron chi connectivity index (χ0n) is 10.8. The van der Waals surface area contributed by atoms with Gasteiger partial charge in [0.25, 0.3) is 5.91 Å². The van der Waals surface area contributed by atoms with E-state index < -0.39 is 0 Å². The Balaban J connectivity index is 1.76. The molecule has 0 saturated carbocycles. The maximum atomic E-state index is 12.2. The average molecular weight is 285 g/mol. The van der Waals surface area contributed by atoms with E-state index in [9.17, 15) is 4.79 Å². The summed E-state index contributed by atoms with van der Waals surface area (Å²) in [5, 5.41) is 0.686. The number of carbonyl (C=O) groups excluding carboxylic acids is 1. The van der Waals surface area contributed by atoms with E-state index in [0.717, 1.165) is 23.4 Å². The smallest absolute Gasteiger partial charge is 0.252 e. The van der Waals surface area contributed by atoms with Crippen LogP contribution in [0.1, 0.15) is 11.1 Å². The summed E-state index contributed by atoms with van der Waals surface area (Å²) in [4.78, 5) is 18.2. The summed E-state index contributed by atoms with van der Waals surface area (Å²) < 4.78 is 0. The molecular weight excluding hydrogens is 272 g/mol. The lowest BCUT2D eigenvalue weighted by Crippen LogP contribution is -2.27. The van der Waals surface area contributed by atoms with Gasteiger partial charge in [0.05, 0.1) is 0 Å². The molecule has 3 nitrogen and oxygen atoms in total. The molecule has 0 unspecified atom stereocenters. The van der Waals surface area contributed by atoms with Gasteiger partial charge in [-0.25, -0.2) is 4.98 Å². The van der Waals surface area contributed by atoms with Gasteiger partial charge in [-0.2, -0.15) is 0 Å². The second kappa shape index (κ2) is 5.47. The highest BCUT2D eigenvalue weighted by Gasteiger charge is 2.23. The standard InChI is InChI=1S/C16H13ClN2O/c17-14-6-3-12(4-7-14)5-8-15(20)19-11-9-13-2-1-10-18-16(13)19/h1-8,10H,9,11H2/b8-5+. The molecule has 0 saturated heterocycles. The number of fused-ring (bicyclic) bond motifs is 1. The summed E-state index contributed by atoms with van der Waals surface area (Å²) in [6.45, 7) is 0.691. The Morgan fingerprint density at radius 2 is 2.05 bits per heavy atom. The SMILES string of the molecule is O=C(/C=C/c1ccc(Cl)cc1)N1CCc2cccnc21. The molecule has 0 radical (unpaired) electrons.